The van der Waals surface area contributed by atoms with E-state index < -0.39 is 23.8 Å². The van der Waals surface area contributed by atoms with Crippen molar-refractivity contribution in [1.29, 1.82) is 0 Å². The van der Waals surface area contributed by atoms with Gasteiger partial charge in [0.15, 0.2) is 6.61 Å². The van der Waals surface area contributed by atoms with Crippen LogP contribution in [0.15, 0.2) is 48.5 Å². The van der Waals surface area contributed by atoms with Crippen LogP contribution in [0.1, 0.15) is 31.4 Å². The van der Waals surface area contributed by atoms with Gasteiger partial charge in [0.25, 0.3) is 5.91 Å². The van der Waals surface area contributed by atoms with Crippen LogP contribution in [0.25, 0.3) is 0 Å². The largest absolute Gasteiger partial charge is 0.508 e. The molecule has 0 fully saturated rings. The molecular weight excluding hydrogens is 424 g/mol. The van der Waals surface area contributed by atoms with E-state index in [1.54, 1.807) is 18.2 Å². The molecule has 0 aromatic heterocycles. The van der Waals surface area contributed by atoms with Crippen molar-refractivity contribution in [3.63, 3.8) is 0 Å². The fourth-order valence-corrected chi connectivity index (χ4v) is 2.70. The Morgan fingerprint density at radius 2 is 1.64 bits per heavy atom. The number of para-hydroxylation sites is 1. The molecule has 2 rings (SSSR count). The first-order valence-electron chi connectivity index (χ1n) is 10.7. The summed E-state index contributed by atoms with van der Waals surface area (Å²) in [4.78, 5) is 35.4. The summed E-state index contributed by atoms with van der Waals surface area (Å²) in [6.07, 6.45) is 0.448. The van der Waals surface area contributed by atoms with E-state index in [4.69, 9.17) is 9.84 Å². The average Bonchev–Trinajstić information content (AvgIpc) is 2.78. The van der Waals surface area contributed by atoms with Crippen LogP contribution in [-0.2, 0) is 19.1 Å². The van der Waals surface area contributed by atoms with Crippen molar-refractivity contribution in [2.45, 2.75) is 40.2 Å². The molecule has 0 aliphatic heterocycles. The van der Waals surface area contributed by atoms with Crippen molar-refractivity contribution in [2.24, 2.45) is 5.92 Å². The molecule has 3 N–H and O–H groups in total. The fraction of sp³-hybridized carbons (Fsp3) is 0.400. The summed E-state index contributed by atoms with van der Waals surface area (Å²) in [5, 5.41) is 13.9. The van der Waals surface area contributed by atoms with Crippen LogP contribution >= 0.6 is 0 Å². The van der Waals surface area contributed by atoms with Gasteiger partial charge in [-0.2, -0.15) is 0 Å². The third kappa shape index (κ3) is 11.6. The summed E-state index contributed by atoms with van der Waals surface area (Å²) in [6, 6.07) is 13.7. The second kappa shape index (κ2) is 14.5. The number of aromatic hydroxyl groups is 1. The predicted molar refractivity (Wildman–Crippen MR) is 126 cm³/mol. The molecule has 8 heteroatoms. The molecule has 2 aromatic carbocycles. The summed E-state index contributed by atoms with van der Waals surface area (Å²) >= 11 is 0. The number of amides is 2. The van der Waals surface area contributed by atoms with Gasteiger partial charge in [0.1, 0.15) is 24.1 Å². The molecule has 1 atom stereocenters. The second-order valence-corrected chi connectivity index (χ2v) is 7.93. The van der Waals surface area contributed by atoms with E-state index in [-0.39, 0.29) is 19.1 Å². The highest BCUT2D eigenvalue weighted by Crippen LogP contribution is 2.15. The minimum absolute atomic E-state index is 0.187. The van der Waals surface area contributed by atoms with E-state index in [2.05, 4.69) is 15.4 Å². The quantitative estimate of drug-likeness (QED) is 0.498. The van der Waals surface area contributed by atoms with Gasteiger partial charge in [0.2, 0.25) is 5.91 Å². The normalized spacial score (nSPS) is 11.0. The van der Waals surface area contributed by atoms with Gasteiger partial charge in [-0.15, -0.1) is 0 Å². The van der Waals surface area contributed by atoms with Crippen LogP contribution < -0.4 is 15.4 Å². The minimum Gasteiger partial charge on any atom is -0.508 e. The Hall–Kier alpha value is -3.55. The van der Waals surface area contributed by atoms with Gasteiger partial charge in [0.05, 0.1) is 7.11 Å². The van der Waals surface area contributed by atoms with E-state index in [0.29, 0.717) is 17.9 Å². The molecule has 33 heavy (non-hydrogen) atoms. The number of nitrogens with one attached hydrogen (secondary N) is 2. The lowest BCUT2D eigenvalue weighted by atomic mass is 10.0. The fourth-order valence-electron chi connectivity index (χ4n) is 2.70. The molecule has 0 heterocycles. The Morgan fingerprint density at radius 3 is 2.18 bits per heavy atom. The van der Waals surface area contributed by atoms with Gasteiger partial charge in [-0.1, -0.05) is 49.7 Å². The van der Waals surface area contributed by atoms with E-state index >= 15 is 0 Å². The first-order chi connectivity index (χ1) is 15.6. The molecule has 0 saturated carbocycles. The molecule has 0 bridgehead atoms. The van der Waals surface area contributed by atoms with E-state index in [1.807, 2.05) is 58.0 Å². The van der Waals surface area contributed by atoms with Gasteiger partial charge in [-0.05, 0) is 49.9 Å². The van der Waals surface area contributed by atoms with Gasteiger partial charge in [-0.25, -0.2) is 0 Å². The molecule has 2 amide bonds. The molecule has 0 saturated heterocycles. The van der Waals surface area contributed by atoms with Gasteiger partial charge < -0.3 is 25.2 Å². The first kappa shape index (κ1) is 27.5. The Kier molecular flexibility index (Phi) is 12.1. The number of phenols is 1. The van der Waals surface area contributed by atoms with Crippen molar-refractivity contribution >= 4 is 17.8 Å². The van der Waals surface area contributed by atoms with Crippen LogP contribution in [-0.4, -0.2) is 49.2 Å². The Labute approximate surface area is 195 Å². The van der Waals surface area contributed by atoms with E-state index in [0.717, 1.165) is 5.56 Å². The average molecular weight is 459 g/mol. The van der Waals surface area contributed by atoms with Crippen molar-refractivity contribution in [2.75, 3.05) is 20.3 Å². The first-order valence-corrected chi connectivity index (χ1v) is 10.7. The van der Waals surface area contributed by atoms with Crippen molar-refractivity contribution < 1.29 is 29.0 Å². The number of ether oxygens (including phenoxy) is 2. The molecule has 0 unspecified atom stereocenters. The number of methoxy groups -OCH3 is 1. The SMILES string of the molecule is COC(=O)CNC(=O)[C@H](CC(C)C)NC(=O)COc1ccccc1C.Cc1ccc(O)cc1. The number of carbonyl (C=O) groups is 3. The standard InChI is InChI=1S/C18H26N2O5.C7H8O/c1-12(2)9-14(18(23)19-10-17(22)24-4)20-16(21)11-25-15-8-6-5-7-13(15)3;1-6-2-4-7(8)5-3-6/h5-8,12,14H,9-11H2,1-4H3,(H,19,23)(H,20,21);2-5,8H,1H3/t14-;/m0./s1. The number of hydrogen-bond acceptors (Lipinski definition) is 6. The van der Waals surface area contributed by atoms with Crippen LogP contribution in [0.2, 0.25) is 0 Å². The number of hydrogen-bond donors (Lipinski definition) is 3. The van der Waals surface area contributed by atoms with E-state index in [9.17, 15) is 14.4 Å². The highest BCUT2D eigenvalue weighted by atomic mass is 16.5. The second-order valence-electron chi connectivity index (χ2n) is 7.93. The van der Waals surface area contributed by atoms with Crippen molar-refractivity contribution in [3.05, 3.63) is 59.7 Å². The summed E-state index contributed by atoms with van der Waals surface area (Å²) in [5.74, 6) is -0.244. The molecule has 2 aromatic rings. The predicted octanol–water partition coefficient (Wildman–Crippen LogP) is 2.89. The third-order valence-corrected chi connectivity index (χ3v) is 4.48. The summed E-state index contributed by atoms with van der Waals surface area (Å²) in [5.41, 5.74) is 2.09. The number of aryl methyl sites for hydroxylation is 2. The number of esters is 1. The zero-order chi connectivity index (χ0) is 24.8. The monoisotopic (exact) mass is 458 g/mol. The molecular formula is C25H34N2O6. The lowest BCUT2D eigenvalue weighted by Crippen LogP contribution is -2.49. The summed E-state index contributed by atoms with van der Waals surface area (Å²) < 4.78 is 9.96. The zero-order valence-corrected chi connectivity index (χ0v) is 19.9. The molecule has 0 radical (unpaired) electrons. The lowest BCUT2D eigenvalue weighted by Gasteiger charge is -2.20. The molecule has 0 spiro atoms. The number of benzene rings is 2. The highest BCUT2D eigenvalue weighted by Gasteiger charge is 2.22. The lowest BCUT2D eigenvalue weighted by molar-refractivity contribution is -0.141. The minimum atomic E-state index is -0.738. The van der Waals surface area contributed by atoms with Crippen LogP contribution in [0, 0.1) is 19.8 Å². The third-order valence-electron chi connectivity index (χ3n) is 4.48. The van der Waals surface area contributed by atoms with Crippen molar-refractivity contribution in [1.82, 2.24) is 10.6 Å². The smallest absolute Gasteiger partial charge is 0.325 e. The summed E-state index contributed by atoms with van der Waals surface area (Å²) in [6.45, 7) is 7.32. The molecule has 180 valence electrons. The Bertz CT molecular complexity index is 875. The molecule has 0 aliphatic rings. The maximum atomic E-state index is 12.2. The topological polar surface area (TPSA) is 114 Å². The van der Waals surface area contributed by atoms with Crippen LogP contribution in [0.3, 0.4) is 0 Å². The van der Waals surface area contributed by atoms with Gasteiger partial charge in [0, 0.05) is 0 Å². The summed E-state index contributed by atoms with van der Waals surface area (Å²) in [7, 11) is 1.24. The molecule has 0 aliphatic carbocycles. The molecule has 8 nitrogen and oxygen atoms in total. The number of phenolic OH excluding ortho intramolecular Hbond substituents is 1. The highest BCUT2D eigenvalue weighted by molar-refractivity contribution is 5.90. The Morgan fingerprint density at radius 1 is 1.00 bits per heavy atom. The maximum absolute atomic E-state index is 12.2. The number of carbonyl (C=O) groups excluding carboxylic acids is 3. The van der Waals surface area contributed by atoms with Gasteiger partial charge >= 0.3 is 5.97 Å². The zero-order valence-electron chi connectivity index (χ0n) is 19.9. The van der Waals surface area contributed by atoms with Gasteiger partial charge in [-0.3, -0.25) is 14.4 Å². The Balaban J connectivity index is 0.000000568. The van der Waals surface area contributed by atoms with Crippen LogP contribution in [0.4, 0.5) is 0 Å². The van der Waals surface area contributed by atoms with Crippen LogP contribution in [0.5, 0.6) is 11.5 Å². The number of rotatable bonds is 9. The van der Waals surface area contributed by atoms with Crippen molar-refractivity contribution in [3.8, 4) is 11.5 Å². The maximum Gasteiger partial charge on any atom is 0.325 e. The van der Waals surface area contributed by atoms with E-state index in [1.165, 1.54) is 12.7 Å².